The van der Waals surface area contributed by atoms with E-state index in [4.69, 9.17) is 5.11 Å². The second-order valence-corrected chi connectivity index (χ2v) is 6.22. The maximum atomic E-state index is 12.2. The molecule has 3 nitrogen and oxygen atoms in total. The van der Waals surface area contributed by atoms with Gasteiger partial charge in [0.15, 0.2) is 0 Å². The smallest absolute Gasteiger partial charge is 0.265 e. The van der Waals surface area contributed by atoms with Crippen LogP contribution in [0.1, 0.15) is 45.8 Å². The van der Waals surface area contributed by atoms with Gasteiger partial charge in [0.2, 0.25) is 0 Å². The zero-order valence-electron chi connectivity index (χ0n) is 11.2. The van der Waals surface area contributed by atoms with Crippen LogP contribution in [0.25, 0.3) is 0 Å². The molecule has 0 saturated carbocycles. The average molecular weight is 303 g/mol. The maximum Gasteiger partial charge on any atom is 0.265 e. The third kappa shape index (κ3) is 3.99. The number of thiophene rings is 1. The van der Waals surface area contributed by atoms with E-state index in [0.717, 1.165) is 25.7 Å². The van der Waals surface area contributed by atoms with Crippen LogP contribution < -0.4 is 5.32 Å². The van der Waals surface area contributed by atoms with E-state index in [-0.39, 0.29) is 5.91 Å². The second-order valence-electron chi connectivity index (χ2n) is 5.09. The Labute approximate surface area is 121 Å². The third-order valence-electron chi connectivity index (χ3n) is 3.48. The Bertz CT molecular complexity index is 437. The number of halogens is 2. The Hall–Kier alpha value is -1.01. The molecule has 1 aliphatic carbocycles. The first-order valence-electron chi connectivity index (χ1n) is 6.94. The summed E-state index contributed by atoms with van der Waals surface area (Å²) < 4.78 is 24.3. The molecule has 1 atom stereocenters. The number of aliphatic hydroxyl groups is 1. The summed E-state index contributed by atoms with van der Waals surface area (Å²) in [4.78, 5) is 13.7. The first-order chi connectivity index (χ1) is 9.58. The molecule has 1 aromatic rings. The van der Waals surface area contributed by atoms with E-state index in [9.17, 15) is 13.6 Å². The largest absolute Gasteiger partial charge is 0.385 e. The SMILES string of the molecule is O=C(NCC(O)C(F)F)c1cc2c(s1)CCCCCC2. The van der Waals surface area contributed by atoms with Crippen molar-refractivity contribution < 1.29 is 18.7 Å². The number of nitrogens with one attached hydrogen (secondary N) is 1. The van der Waals surface area contributed by atoms with Crippen LogP contribution in [0.5, 0.6) is 0 Å². The van der Waals surface area contributed by atoms with Gasteiger partial charge in [0.1, 0.15) is 6.10 Å². The summed E-state index contributed by atoms with van der Waals surface area (Å²) in [6, 6.07) is 1.87. The summed E-state index contributed by atoms with van der Waals surface area (Å²) in [5, 5.41) is 11.4. The predicted molar refractivity (Wildman–Crippen MR) is 74.5 cm³/mol. The minimum atomic E-state index is -2.83. The highest BCUT2D eigenvalue weighted by Crippen LogP contribution is 2.28. The molecule has 0 aliphatic heterocycles. The molecule has 1 heterocycles. The molecule has 1 unspecified atom stereocenters. The molecule has 1 amide bonds. The number of carbonyl (C=O) groups is 1. The minimum Gasteiger partial charge on any atom is -0.385 e. The van der Waals surface area contributed by atoms with Gasteiger partial charge in [-0.2, -0.15) is 0 Å². The summed E-state index contributed by atoms with van der Waals surface area (Å²) in [6.45, 7) is -0.418. The van der Waals surface area contributed by atoms with Gasteiger partial charge in [0, 0.05) is 11.4 Å². The predicted octanol–water partition coefficient (Wildman–Crippen LogP) is 2.76. The van der Waals surface area contributed by atoms with Crippen molar-refractivity contribution in [2.24, 2.45) is 0 Å². The number of carbonyl (C=O) groups excluding carboxylic acids is 1. The lowest BCUT2D eigenvalue weighted by Gasteiger charge is -2.09. The fourth-order valence-corrected chi connectivity index (χ4v) is 3.50. The van der Waals surface area contributed by atoms with Gasteiger partial charge in [-0.15, -0.1) is 11.3 Å². The van der Waals surface area contributed by atoms with E-state index in [1.807, 2.05) is 6.07 Å². The van der Waals surface area contributed by atoms with Crippen LogP contribution in [-0.4, -0.2) is 30.1 Å². The van der Waals surface area contributed by atoms with Crippen LogP contribution in [0.3, 0.4) is 0 Å². The van der Waals surface area contributed by atoms with Crippen molar-refractivity contribution in [2.45, 2.75) is 51.1 Å². The minimum absolute atomic E-state index is 0.374. The van der Waals surface area contributed by atoms with Crippen LogP contribution in [0.4, 0.5) is 8.78 Å². The van der Waals surface area contributed by atoms with Crippen molar-refractivity contribution in [1.29, 1.82) is 0 Å². The molecule has 20 heavy (non-hydrogen) atoms. The zero-order valence-corrected chi connectivity index (χ0v) is 12.0. The second kappa shape index (κ2) is 7.13. The van der Waals surface area contributed by atoms with Crippen LogP contribution in [0.2, 0.25) is 0 Å². The molecule has 0 fully saturated rings. The van der Waals surface area contributed by atoms with Gasteiger partial charge < -0.3 is 10.4 Å². The van der Waals surface area contributed by atoms with Gasteiger partial charge in [-0.05, 0) is 37.3 Å². The number of aliphatic hydroxyl groups excluding tert-OH is 1. The van der Waals surface area contributed by atoms with E-state index in [0.29, 0.717) is 4.88 Å². The molecule has 0 spiro atoms. The standard InChI is InChI=1S/C14H19F2NO2S/c15-13(16)10(18)8-17-14(19)12-7-9-5-3-1-2-4-6-11(9)20-12/h7,10,13,18H,1-6,8H2,(H,17,19). The lowest BCUT2D eigenvalue weighted by molar-refractivity contribution is -0.00268. The van der Waals surface area contributed by atoms with Gasteiger partial charge in [-0.3, -0.25) is 4.79 Å². The number of amides is 1. The van der Waals surface area contributed by atoms with Gasteiger partial charge in [-0.25, -0.2) is 8.78 Å². The number of aryl methyl sites for hydroxylation is 2. The molecule has 1 aromatic heterocycles. The van der Waals surface area contributed by atoms with E-state index in [2.05, 4.69) is 5.32 Å². The van der Waals surface area contributed by atoms with Crippen LogP contribution in [0.15, 0.2) is 6.07 Å². The molecule has 0 aromatic carbocycles. The van der Waals surface area contributed by atoms with Gasteiger partial charge in [0.25, 0.3) is 12.3 Å². The molecule has 1 aliphatic rings. The van der Waals surface area contributed by atoms with Gasteiger partial charge in [-0.1, -0.05) is 12.8 Å². The molecular formula is C14H19F2NO2S. The average Bonchev–Trinajstić information content (AvgIpc) is 2.78. The molecule has 0 bridgehead atoms. The van der Waals surface area contributed by atoms with Crippen LogP contribution >= 0.6 is 11.3 Å². The maximum absolute atomic E-state index is 12.2. The highest BCUT2D eigenvalue weighted by molar-refractivity contribution is 7.14. The van der Waals surface area contributed by atoms with Gasteiger partial charge >= 0.3 is 0 Å². The van der Waals surface area contributed by atoms with Crippen molar-refractivity contribution in [2.75, 3.05) is 6.54 Å². The third-order valence-corrected chi connectivity index (χ3v) is 4.72. The lowest BCUT2D eigenvalue weighted by Crippen LogP contribution is -2.35. The van der Waals surface area contributed by atoms with E-state index < -0.39 is 19.1 Å². The fourth-order valence-electron chi connectivity index (χ4n) is 2.33. The summed E-state index contributed by atoms with van der Waals surface area (Å²) in [6.07, 6.45) is 2.05. The molecule has 6 heteroatoms. The van der Waals surface area contributed by atoms with Crippen molar-refractivity contribution in [1.82, 2.24) is 5.32 Å². The Morgan fingerprint density at radius 2 is 2.00 bits per heavy atom. The number of alkyl halides is 2. The lowest BCUT2D eigenvalue weighted by atomic mass is 10.00. The van der Waals surface area contributed by atoms with Crippen molar-refractivity contribution in [3.63, 3.8) is 0 Å². The number of hydrogen-bond acceptors (Lipinski definition) is 3. The van der Waals surface area contributed by atoms with Crippen LogP contribution in [0, 0.1) is 0 Å². The molecule has 2 N–H and O–H groups in total. The highest BCUT2D eigenvalue weighted by Gasteiger charge is 2.20. The summed E-state index contributed by atoms with van der Waals surface area (Å²) in [7, 11) is 0. The van der Waals surface area contributed by atoms with Crippen molar-refractivity contribution in [3.05, 3.63) is 21.4 Å². The quantitative estimate of drug-likeness (QED) is 0.898. The van der Waals surface area contributed by atoms with Crippen LogP contribution in [-0.2, 0) is 12.8 Å². The number of hydrogen-bond donors (Lipinski definition) is 2. The Morgan fingerprint density at radius 1 is 1.30 bits per heavy atom. The van der Waals surface area contributed by atoms with Crippen molar-refractivity contribution >= 4 is 17.2 Å². The summed E-state index contributed by atoms with van der Waals surface area (Å²) in [5.41, 5.74) is 1.22. The van der Waals surface area contributed by atoms with E-state index in [1.165, 1.54) is 34.6 Å². The Balaban J connectivity index is 1.98. The Kier molecular flexibility index (Phi) is 5.48. The summed E-state index contributed by atoms with van der Waals surface area (Å²) in [5.74, 6) is -0.374. The molecule has 2 rings (SSSR count). The van der Waals surface area contributed by atoms with E-state index >= 15 is 0 Å². The number of fused-ring (bicyclic) bond motifs is 1. The molecule has 0 radical (unpaired) electrons. The zero-order chi connectivity index (χ0) is 14.5. The molecular weight excluding hydrogens is 284 g/mol. The normalized spacial score (nSPS) is 17.2. The molecule has 112 valence electrons. The van der Waals surface area contributed by atoms with Gasteiger partial charge in [0.05, 0.1) is 4.88 Å². The first kappa shape index (κ1) is 15.4. The fraction of sp³-hybridized carbons (Fsp3) is 0.643. The number of rotatable bonds is 4. The first-order valence-corrected chi connectivity index (χ1v) is 7.75. The van der Waals surface area contributed by atoms with Crippen molar-refractivity contribution in [3.8, 4) is 0 Å². The highest BCUT2D eigenvalue weighted by atomic mass is 32.1. The Morgan fingerprint density at radius 3 is 2.70 bits per heavy atom. The topological polar surface area (TPSA) is 49.3 Å². The summed E-state index contributed by atoms with van der Waals surface area (Å²) >= 11 is 1.44. The van der Waals surface area contributed by atoms with E-state index in [1.54, 1.807) is 0 Å². The monoisotopic (exact) mass is 303 g/mol. The molecule has 0 saturated heterocycles.